The molecule has 1 heterocycles. The first-order valence-corrected chi connectivity index (χ1v) is 3.37. The molecule has 3 N–H and O–H groups in total. The molecule has 1 rings (SSSR count). The maximum absolute atomic E-state index is 5.74. The zero-order chi connectivity index (χ0) is 6.85. The molecule has 0 spiro atoms. The van der Waals surface area contributed by atoms with E-state index in [0.29, 0.717) is 12.0 Å². The monoisotopic (exact) mass is 126 g/mol. The Morgan fingerprint density at radius 3 is 2.89 bits per heavy atom. The van der Waals surface area contributed by atoms with E-state index < -0.39 is 0 Å². The van der Waals surface area contributed by atoms with Gasteiger partial charge in [-0.1, -0.05) is 13.5 Å². The lowest BCUT2D eigenvalue weighted by molar-refractivity contribution is 0.388. The highest BCUT2D eigenvalue weighted by Gasteiger charge is 2.18. The molecule has 0 aromatic rings. The number of piperidine rings is 1. The molecule has 0 radical (unpaired) electrons. The van der Waals surface area contributed by atoms with Crippen molar-refractivity contribution in [1.29, 1.82) is 0 Å². The van der Waals surface area contributed by atoms with Gasteiger partial charge in [-0.2, -0.15) is 0 Å². The molecule has 0 saturated carbocycles. The quantitative estimate of drug-likeness (QED) is 0.495. The maximum Gasteiger partial charge on any atom is 0.0298 e. The molecule has 9 heavy (non-hydrogen) atoms. The summed E-state index contributed by atoms with van der Waals surface area (Å²) in [7, 11) is 0. The third-order valence-electron chi connectivity index (χ3n) is 1.89. The average molecular weight is 126 g/mol. The molecule has 0 amide bonds. The second-order valence-corrected chi connectivity index (χ2v) is 2.83. The first-order chi connectivity index (χ1) is 4.20. The molecule has 0 aromatic heterocycles. The number of hydrogen-bond donors (Lipinski definition) is 2. The van der Waals surface area contributed by atoms with Gasteiger partial charge in [-0.15, -0.1) is 0 Å². The van der Waals surface area contributed by atoms with Crippen molar-refractivity contribution in [3.05, 3.63) is 12.3 Å². The first kappa shape index (κ1) is 6.62. The highest BCUT2D eigenvalue weighted by Crippen LogP contribution is 2.14. The Hall–Kier alpha value is -0.500. The molecule has 1 fully saturated rings. The van der Waals surface area contributed by atoms with E-state index >= 15 is 0 Å². The van der Waals surface area contributed by atoms with Crippen LogP contribution in [0.25, 0.3) is 0 Å². The minimum atomic E-state index is 0.315. The second-order valence-electron chi connectivity index (χ2n) is 2.83. The van der Waals surface area contributed by atoms with Gasteiger partial charge in [0.2, 0.25) is 0 Å². The number of nitrogens with two attached hydrogens (primary N) is 1. The Kier molecular flexibility index (Phi) is 1.76. The smallest absolute Gasteiger partial charge is 0.0298 e. The SMILES string of the molecule is C=C1CC(C)C(N)CN1. The third-order valence-corrected chi connectivity index (χ3v) is 1.89. The van der Waals surface area contributed by atoms with Gasteiger partial charge in [0, 0.05) is 18.3 Å². The van der Waals surface area contributed by atoms with Gasteiger partial charge in [0.05, 0.1) is 0 Å². The van der Waals surface area contributed by atoms with Crippen LogP contribution >= 0.6 is 0 Å². The topological polar surface area (TPSA) is 38.0 Å². The van der Waals surface area contributed by atoms with E-state index in [2.05, 4.69) is 18.8 Å². The Bertz CT molecular complexity index is 120. The predicted octanol–water partition coefficient (Wildman–Crippen LogP) is 0.457. The Morgan fingerprint density at radius 1 is 1.78 bits per heavy atom. The summed E-state index contributed by atoms with van der Waals surface area (Å²) in [6, 6.07) is 0.315. The fourth-order valence-corrected chi connectivity index (χ4v) is 1.08. The van der Waals surface area contributed by atoms with Crippen LogP contribution in [0.3, 0.4) is 0 Å². The molecule has 2 atom stereocenters. The lowest BCUT2D eigenvalue weighted by atomic mass is 9.94. The van der Waals surface area contributed by atoms with Crippen LogP contribution in [0.4, 0.5) is 0 Å². The summed E-state index contributed by atoms with van der Waals surface area (Å²) in [6.45, 7) is 6.88. The van der Waals surface area contributed by atoms with Crippen LogP contribution in [0.5, 0.6) is 0 Å². The fraction of sp³-hybridized carbons (Fsp3) is 0.714. The molecule has 0 aromatic carbocycles. The van der Waals surface area contributed by atoms with Gasteiger partial charge in [0.1, 0.15) is 0 Å². The van der Waals surface area contributed by atoms with Crippen molar-refractivity contribution in [2.45, 2.75) is 19.4 Å². The highest BCUT2D eigenvalue weighted by molar-refractivity contribution is 4.99. The van der Waals surface area contributed by atoms with Crippen molar-refractivity contribution in [2.24, 2.45) is 11.7 Å². The third kappa shape index (κ3) is 1.45. The summed E-state index contributed by atoms with van der Waals surface area (Å²) in [5.41, 5.74) is 6.87. The molecule has 0 bridgehead atoms. The zero-order valence-corrected chi connectivity index (χ0v) is 5.85. The highest BCUT2D eigenvalue weighted by atomic mass is 14.9. The number of nitrogens with one attached hydrogen (secondary N) is 1. The summed E-state index contributed by atoms with van der Waals surface area (Å²) in [4.78, 5) is 0. The van der Waals surface area contributed by atoms with Gasteiger partial charge in [-0.3, -0.25) is 0 Å². The van der Waals surface area contributed by atoms with E-state index in [9.17, 15) is 0 Å². The number of rotatable bonds is 0. The molecule has 2 unspecified atom stereocenters. The summed E-state index contributed by atoms with van der Waals surface area (Å²) in [6.07, 6.45) is 1.03. The van der Waals surface area contributed by atoms with Crippen LogP contribution in [0.2, 0.25) is 0 Å². The largest absolute Gasteiger partial charge is 0.387 e. The number of hydrogen-bond acceptors (Lipinski definition) is 2. The van der Waals surface area contributed by atoms with Crippen molar-refractivity contribution in [3.8, 4) is 0 Å². The molecular formula is C7H14N2. The molecule has 2 heteroatoms. The van der Waals surface area contributed by atoms with Crippen molar-refractivity contribution in [3.63, 3.8) is 0 Å². The normalized spacial score (nSPS) is 36.0. The predicted molar refractivity (Wildman–Crippen MR) is 38.9 cm³/mol. The van der Waals surface area contributed by atoms with E-state index in [-0.39, 0.29) is 0 Å². The van der Waals surface area contributed by atoms with Crippen molar-refractivity contribution < 1.29 is 0 Å². The van der Waals surface area contributed by atoms with Crippen LogP contribution in [0.15, 0.2) is 12.3 Å². The lowest BCUT2D eigenvalue weighted by Gasteiger charge is -2.28. The molecule has 2 nitrogen and oxygen atoms in total. The second kappa shape index (κ2) is 2.40. The summed E-state index contributed by atoms with van der Waals surface area (Å²) in [5.74, 6) is 0.596. The summed E-state index contributed by atoms with van der Waals surface area (Å²) >= 11 is 0. The van der Waals surface area contributed by atoms with E-state index in [1.807, 2.05) is 0 Å². The van der Waals surface area contributed by atoms with Crippen molar-refractivity contribution in [1.82, 2.24) is 5.32 Å². The standard InChI is InChI=1S/C7H14N2/c1-5-3-6(2)9-4-7(5)8/h5,7,9H,2-4,8H2,1H3. The molecule has 1 saturated heterocycles. The fourth-order valence-electron chi connectivity index (χ4n) is 1.08. The zero-order valence-electron chi connectivity index (χ0n) is 5.85. The van der Waals surface area contributed by atoms with Crippen LogP contribution in [-0.4, -0.2) is 12.6 Å². The Labute approximate surface area is 56.1 Å². The molecular weight excluding hydrogens is 112 g/mol. The minimum absolute atomic E-state index is 0.315. The van der Waals surface area contributed by atoms with E-state index in [0.717, 1.165) is 18.7 Å². The van der Waals surface area contributed by atoms with Gasteiger partial charge in [0.25, 0.3) is 0 Å². The van der Waals surface area contributed by atoms with Gasteiger partial charge < -0.3 is 11.1 Å². The van der Waals surface area contributed by atoms with Gasteiger partial charge >= 0.3 is 0 Å². The average Bonchev–Trinajstić information content (AvgIpc) is 1.80. The Morgan fingerprint density at radius 2 is 2.44 bits per heavy atom. The molecule has 1 aliphatic rings. The van der Waals surface area contributed by atoms with Crippen molar-refractivity contribution in [2.75, 3.05) is 6.54 Å². The van der Waals surface area contributed by atoms with Crippen LogP contribution < -0.4 is 11.1 Å². The number of allylic oxidation sites excluding steroid dienone is 1. The van der Waals surface area contributed by atoms with E-state index in [1.54, 1.807) is 0 Å². The minimum Gasteiger partial charge on any atom is -0.387 e. The van der Waals surface area contributed by atoms with Gasteiger partial charge in [-0.25, -0.2) is 0 Å². The van der Waals surface area contributed by atoms with Crippen LogP contribution in [0.1, 0.15) is 13.3 Å². The van der Waals surface area contributed by atoms with Crippen LogP contribution in [-0.2, 0) is 0 Å². The molecule has 52 valence electrons. The molecule has 1 aliphatic heterocycles. The van der Waals surface area contributed by atoms with Crippen molar-refractivity contribution >= 4 is 0 Å². The Balaban J connectivity index is 2.44. The summed E-state index contributed by atoms with van der Waals surface area (Å²) < 4.78 is 0. The summed E-state index contributed by atoms with van der Waals surface area (Å²) in [5, 5.41) is 3.14. The lowest BCUT2D eigenvalue weighted by Crippen LogP contribution is -2.43. The van der Waals surface area contributed by atoms with Gasteiger partial charge in [-0.05, 0) is 12.3 Å². The maximum atomic E-state index is 5.74. The van der Waals surface area contributed by atoms with Gasteiger partial charge in [0.15, 0.2) is 0 Å². The van der Waals surface area contributed by atoms with E-state index in [1.165, 1.54) is 0 Å². The van der Waals surface area contributed by atoms with Crippen LogP contribution in [0, 0.1) is 5.92 Å². The molecule has 0 aliphatic carbocycles. The van der Waals surface area contributed by atoms with E-state index in [4.69, 9.17) is 5.73 Å². The first-order valence-electron chi connectivity index (χ1n) is 3.37.